The second kappa shape index (κ2) is 9.32. The number of H-pyrrole nitrogens is 1. The van der Waals surface area contributed by atoms with Crippen LogP contribution in [0.1, 0.15) is 50.5 Å². The Balaban J connectivity index is 1.94. The normalized spacial score (nSPS) is 18.2. The lowest BCUT2D eigenvalue weighted by Crippen LogP contribution is -2.59. The molecule has 2 aliphatic rings. The highest BCUT2D eigenvalue weighted by atomic mass is 19.4. The van der Waals surface area contributed by atoms with Crippen LogP contribution in [0.2, 0.25) is 0 Å². The zero-order valence-electron chi connectivity index (χ0n) is 19.2. The van der Waals surface area contributed by atoms with Crippen LogP contribution in [0.4, 0.5) is 32.2 Å². The van der Waals surface area contributed by atoms with E-state index in [1.165, 1.54) is 31.4 Å². The van der Waals surface area contributed by atoms with E-state index < -0.39 is 46.4 Å². The minimum Gasteiger partial charge on any atom is -0.497 e. The molecule has 0 radical (unpaired) electrons. The van der Waals surface area contributed by atoms with Crippen molar-refractivity contribution in [2.75, 3.05) is 12.4 Å². The number of anilines is 1. The number of nitrogens with zero attached hydrogens (tertiary/aromatic N) is 2. The summed E-state index contributed by atoms with van der Waals surface area (Å²) in [6.07, 6.45) is -7.37. The van der Waals surface area contributed by atoms with Crippen molar-refractivity contribution in [1.82, 2.24) is 9.55 Å². The largest absolute Gasteiger partial charge is 0.497 e. The maximum absolute atomic E-state index is 14.3. The molecule has 2 N–H and O–H groups in total. The van der Waals surface area contributed by atoms with Gasteiger partial charge < -0.3 is 10.1 Å². The van der Waals surface area contributed by atoms with Gasteiger partial charge in [-0.2, -0.15) is 26.3 Å². The fourth-order valence-electron chi connectivity index (χ4n) is 4.90. The predicted octanol–water partition coefficient (Wildman–Crippen LogP) is 5.04. The zero-order chi connectivity index (χ0) is 26.3. The number of alkyl halides is 6. The molecule has 0 saturated heterocycles. The molecular weight excluding hydrogens is 494 g/mol. The van der Waals surface area contributed by atoms with Gasteiger partial charge in [0.2, 0.25) is 0 Å². The van der Waals surface area contributed by atoms with Gasteiger partial charge in [-0.1, -0.05) is 32.1 Å². The number of halogens is 6. The molecule has 7 nitrogen and oxygen atoms in total. The molecular formula is C23H24F6N4O3. The van der Waals surface area contributed by atoms with E-state index in [0.29, 0.717) is 16.7 Å². The molecule has 0 amide bonds. The summed E-state index contributed by atoms with van der Waals surface area (Å²) in [4.78, 5) is 30.1. The summed E-state index contributed by atoms with van der Waals surface area (Å²) in [6, 6.07) is 5.30. The third kappa shape index (κ3) is 4.39. The number of fused-ring (bicyclic) bond motifs is 1. The van der Waals surface area contributed by atoms with Gasteiger partial charge in [0.05, 0.1) is 12.8 Å². The number of aromatic amines is 1. The van der Waals surface area contributed by atoms with Gasteiger partial charge in [0.15, 0.2) is 0 Å². The van der Waals surface area contributed by atoms with Crippen LogP contribution in [0.15, 0.2) is 38.8 Å². The maximum atomic E-state index is 14.3. The predicted molar refractivity (Wildman–Crippen MR) is 120 cm³/mol. The number of rotatable bonds is 5. The van der Waals surface area contributed by atoms with Crippen LogP contribution in [-0.4, -0.2) is 34.8 Å². The van der Waals surface area contributed by atoms with Gasteiger partial charge in [0, 0.05) is 6.42 Å². The second-order valence-corrected chi connectivity index (χ2v) is 8.95. The van der Waals surface area contributed by atoms with Crippen LogP contribution >= 0.6 is 0 Å². The monoisotopic (exact) mass is 518 g/mol. The highest BCUT2D eigenvalue weighted by Crippen LogP contribution is 2.55. The number of ether oxygens (including phenoxy) is 1. The van der Waals surface area contributed by atoms with Crippen molar-refractivity contribution in [3.05, 3.63) is 50.7 Å². The number of amidine groups is 1. The van der Waals surface area contributed by atoms with Crippen LogP contribution in [0.3, 0.4) is 0 Å². The number of hydrogen-bond donors (Lipinski definition) is 2. The topological polar surface area (TPSA) is 88.5 Å². The number of benzene rings is 1. The Hall–Kier alpha value is -3.25. The molecule has 0 bridgehead atoms. The van der Waals surface area contributed by atoms with E-state index in [4.69, 9.17) is 4.74 Å². The molecule has 1 aromatic heterocycles. The average molecular weight is 518 g/mol. The summed E-state index contributed by atoms with van der Waals surface area (Å²) in [5, 5.41) is 2.47. The van der Waals surface area contributed by atoms with Gasteiger partial charge in [-0.15, -0.1) is 0 Å². The van der Waals surface area contributed by atoms with Gasteiger partial charge in [0.25, 0.3) is 11.1 Å². The van der Waals surface area contributed by atoms with Crippen LogP contribution in [-0.2, 0) is 5.54 Å². The van der Waals surface area contributed by atoms with Crippen LogP contribution in [0.25, 0.3) is 5.69 Å². The highest BCUT2D eigenvalue weighted by Gasteiger charge is 2.75. The molecule has 196 valence electrons. The first-order chi connectivity index (χ1) is 16.9. The molecule has 1 fully saturated rings. The molecule has 0 atom stereocenters. The second-order valence-electron chi connectivity index (χ2n) is 8.95. The van der Waals surface area contributed by atoms with Crippen LogP contribution in [0.5, 0.6) is 5.75 Å². The van der Waals surface area contributed by atoms with Crippen LogP contribution in [0, 0.1) is 5.92 Å². The smallest absolute Gasteiger partial charge is 0.427 e. The quantitative estimate of drug-likeness (QED) is 0.543. The Kier molecular flexibility index (Phi) is 6.69. The number of hydrogen-bond acceptors (Lipinski definition) is 5. The van der Waals surface area contributed by atoms with E-state index in [-0.39, 0.29) is 18.0 Å². The fourth-order valence-corrected chi connectivity index (χ4v) is 4.90. The van der Waals surface area contributed by atoms with Gasteiger partial charge in [-0.05, 0) is 36.6 Å². The maximum Gasteiger partial charge on any atom is 0.427 e. The molecule has 13 heteroatoms. The first-order valence-electron chi connectivity index (χ1n) is 11.4. The minimum absolute atomic E-state index is 0.0763. The molecule has 2 aromatic rings. The number of methoxy groups -OCH3 is 1. The molecule has 1 aliphatic heterocycles. The van der Waals surface area contributed by atoms with Crippen molar-refractivity contribution in [3.63, 3.8) is 0 Å². The highest BCUT2D eigenvalue weighted by molar-refractivity contribution is 5.98. The summed E-state index contributed by atoms with van der Waals surface area (Å²) in [5.74, 6) is -1.03. The van der Waals surface area contributed by atoms with E-state index >= 15 is 0 Å². The SMILES string of the molecule is COc1ccc(-n2c3c(c(=O)[nH]c2=O)C(C(F)(F)F)(C(F)(F)F)N=C(CCC2CCCCC2)N3)cc1. The molecule has 1 saturated carbocycles. The summed E-state index contributed by atoms with van der Waals surface area (Å²) in [7, 11) is 1.36. The lowest BCUT2D eigenvalue weighted by Gasteiger charge is -2.39. The number of aromatic nitrogens is 2. The van der Waals surface area contributed by atoms with E-state index in [1.807, 2.05) is 0 Å². The Bertz CT molecular complexity index is 1240. The van der Waals surface area contributed by atoms with Crippen molar-refractivity contribution in [3.8, 4) is 11.4 Å². The van der Waals surface area contributed by atoms with Gasteiger partial charge in [-0.3, -0.25) is 9.78 Å². The first-order valence-corrected chi connectivity index (χ1v) is 11.4. The van der Waals surface area contributed by atoms with Crippen molar-refractivity contribution in [2.24, 2.45) is 10.9 Å². The van der Waals surface area contributed by atoms with E-state index in [2.05, 4.69) is 10.3 Å². The average Bonchev–Trinajstić information content (AvgIpc) is 2.81. The molecule has 1 aliphatic carbocycles. The molecule has 4 rings (SSSR count). The van der Waals surface area contributed by atoms with Crippen molar-refractivity contribution in [1.29, 1.82) is 0 Å². The van der Waals surface area contributed by atoms with E-state index in [9.17, 15) is 35.9 Å². The first kappa shape index (κ1) is 25.8. The van der Waals surface area contributed by atoms with Crippen molar-refractivity contribution >= 4 is 11.7 Å². The van der Waals surface area contributed by atoms with Crippen LogP contribution < -0.4 is 21.3 Å². The molecule has 0 unspecified atom stereocenters. The number of aliphatic imine (C=N–C) groups is 1. The number of nitrogens with one attached hydrogen (secondary N) is 2. The van der Waals surface area contributed by atoms with Crippen molar-refractivity contribution in [2.45, 2.75) is 62.8 Å². The standard InChI is InChI=1S/C23H24F6N4O3/c1-36-15-10-8-14(9-11-15)33-18-17(19(34)31-20(33)35)21(22(24,25)26,23(27,28)29)32-16(30-18)12-7-13-5-3-2-4-6-13/h8-11,13H,2-7,12H2,1H3,(H,30,32)(H,31,34,35). The summed E-state index contributed by atoms with van der Waals surface area (Å²) in [5.41, 5.74) is -9.69. The molecule has 2 heterocycles. The fraction of sp³-hybridized carbons (Fsp3) is 0.522. The molecule has 1 aromatic carbocycles. The van der Waals surface area contributed by atoms with E-state index in [1.54, 1.807) is 4.98 Å². The van der Waals surface area contributed by atoms with Gasteiger partial charge in [-0.25, -0.2) is 14.4 Å². The molecule has 36 heavy (non-hydrogen) atoms. The zero-order valence-corrected chi connectivity index (χ0v) is 19.2. The summed E-state index contributed by atoms with van der Waals surface area (Å²) < 4.78 is 91.6. The van der Waals surface area contributed by atoms with Gasteiger partial charge >= 0.3 is 18.0 Å². The third-order valence-electron chi connectivity index (χ3n) is 6.70. The summed E-state index contributed by atoms with van der Waals surface area (Å²) in [6.45, 7) is 0. The minimum atomic E-state index is -6.02. The van der Waals surface area contributed by atoms with Crippen molar-refractivity contribution < 1.29 is 31.1 Å². The Morgan fingerprint density at radius 3 is 2.19 bits per heavy atom. The lowest BCUT2D eigenvalue weighted by molar-refractivity contribution is -0.301. The summed E-state index contributed by atoms with van der Waals surface area (Å²) >= 11 is 0. The Morgan fingerprint density at radius 1 is 1.03 bits per heavy atom. The Labute approximate surface area is 201 Å². The molecule has 0 spiro atoms. The van der Waals surface area contributed by atoms with E-state index in [0.717, 1.165) is 32.1 Å². The van der Waals surface area contributed by atoms with Gasteiger partial charge in [0.1, 0.15) is 23.0 Å². The lowest BCUT2D eigenvalue weighted by atomic mass is 9.85. The third-order valence-corrected chi connectivity index (χ3v) is 6.70. The Morgan fingerprint density at radius 2 is 1.64 bits per heavy atom.